The van der Waals surface area contributed by atoms with E-state index in [2.05, 4.69) is 11.9 Å². The first-order valence-electron chi connectivity index (χ1n) is 9.06. The van der Waals surface area contributed by atoms with Crippen LogP contribution in [0.3, 0.4) is 0 Å². The summed E-state index contributed by atoms with van der Waals surface area (Å²) in [4.78, 5) is 17.2. The van der Waals surface area contributed by atoms with Crippen molar-refractivity contribution in [3.8, 4) is 11.6 Å². The van der Waals surface area contributed by atoms with E-state index in [1.807, 2.05) is 54.6 Å². The molecule has 0 fully saturated rings. The van der Waals surface area contributed by atoms with E-state index in [0.29, 0.717) is 10.6 Å². The molecule has 0 amide bonds. The molecule has 1 N–H and O–H groups in total. The molecule has 0 radical (unpaired) electrons. The second-order valence-corrected chi connectivity index (χ2v) is 7.53. The van der Waals surface area contributed by atoms with Crippen LogP contribution in [0.5, 0.6) is 5.88 Å². The maximum absolute atomic E-state index is 12.5. The zero-order chi connectivity index (χ0) is 18.8. The van der Waals surface area contributed by atoms with Crippen LogP contribution in [0.1, 0.15) is 35.8 Å². The van der Waals surface area contributed by atoms with E-state index >= 15 is 0 Å². The van der Waals surface area contributed by atoms with Gasteiger partial charge in [0, 0.05) is 17.4 Å². The van der Waals surface area contributed by atoms with Crippen LogP contribution in [-0.4, -0.2) is 15.9 Å². The molecule has 0 saturated heterocycles. The second-order valence-electron chi connectivity index (χ2n) is 6.54. The van der Waals surface area contributed by atoms with Crippen LogP contribution in [0, 0.1) is 0 Å². The van der Waals surface area contributed by atoms with Crippen molar-refractivity contribution in [1.29, 1.82) is 0 Å². The Balaban J connectivity index is 1.68. The number of aryl methyl sites for hydroxylation is 1. The number of allylic oxidation sites excluding steroid dienone is 1. The zero-order valence-electron chi connectivity index (χ0n) is 15.1. The lowest BCUT2D eigenvalue weighted by atomic mass is 10.1. The molecule has 1 aliphatic heterocycles. The van der Waals surface area contributed by atoms with Crippen LogP contribution in [-0.2, 0) is 6.42 Å². The van der Waals surface area contributed by atoms with Crippen molar-refractivity contribution in [2.45, 2.75) is 26.2 Å². The van der Waals surface area contributed by atoms with Crippen molar-refractivity contribution in [3.63, 3.8) is 0 Å². The fourth-order valence-corrected chi connectivity index (χ4v) is 4.03. The van der Waals surface area contributed by atoms with E-state index in [1.54, 1.807) is 6.21 Å². The number of benzene rings is 2. The van der Waals surface area contributed by atoms with Gasteiger partial charge in [-0.2, -0.15) is 0 Å². The van der Waals surface area contributed by atoms with E-state index in [1.165, 1.54) is 10.1 Å². The molecule has 1 aliphatic rings. The topological polar surface area (TPSA) is 54.6 Å². The van der Waals surface area contributed by atoms with Crippen LogP contribution in [0.25, 0.3) is 17.3 Å². The van der Waals surface area contributed by atoms with Gasteiger partial charge in [0.15, 0.2) is 0 Å². The number of thiazole rings is 1. The monoisotopic (exact) mass is 376 g/mol. The van der Waals surface area contributed by atoms with E-state index in [0.717, 1.165) is 47.4 Å². The summed E-state index contributed by atoms with van der Waals surface area (Å²) in [6.07, 6.45) is 6.90. The number of hydrogen-bond donors (Lipinski definition) is 1. The number of unbranched alkanes of at least 4 members (excludes halogenated alkanes) is 1. The molecule has 27 heavy (non-hydrogen) atoms. The zero-order valence-corrected chi connectivity index (χ0v) is 15.9. The maximum atomic E-state index is 12.5. The molecule has 0 spiro atoms. The Bertz CT molecular complexity index is 1090. The number of rotatable bonds is 5. The van der Waals surface area contributed by atoms with Crippen molar-refractivity contribution >= 4 is 34.9 Å². The third-order valence-corrected chi connectivity index (χ3v) is 5.55. The van der Waals surface area contributed by atoms with Crippen LogP contribution < -0.4 is 4.87 Å². The molecule has 0 saturated carbocycles. The van der Waals surface area contributed by atoms with E-state index in [4.69, 9.17) is 0 Å². The van der Waals surface area contributed by atoms with Gasteiger partial charge in [0.2, 0.25) is 5.88 Å². The number of fused-ring (bicyclic) bond motifs is 1. The van der Waals surface area contributed by atoms with Crippen molar-refractivity contribution in [1.82, 2.24) is 4.57 Å². The number of aromatic hydroxyl groups is 1. The quantitative estimate of drug-likeness (QED) is 0.665. The molecule has 3 aromatic rings. The second kappa shape index (κ2) is 7.37. The third-order valence-electron chi connectivity index (χ3n) is 4.67. The SMILES string of the molecule is CCCCc1ccc(-n2c(O)c(C=C3C=Nc4ccccc43)sc2=O)cc1. The average Bonchev–Trinajstić information content (AvgIpc) is 3.22. The van der Waals surface area contributed by atoms with Crippen molar-refractivity contribution < 1.29 is 5.11 Å². The highest BCUT2D eigenvalue weighted by Gasteiger charge is 2.17. The Hall–Kier alpha value is -2.92. The molecule has 0 bridgehead atoms. The number of nitrogens with zero attached hydrogens (tertiary/aromatic N) is 2. The maximum Gasteiger partial charge on any atom is 0.315 e. The molecule has 0 atom stereocenters. The van der Waals surface area contributed by atoms with Gasteiger partial charge in [-0.15, -0.1) is 0 Å². The summed E-state index contributed by atoms with van der Waals surface area (Å²) in [5.74, 6) is -0.0309. The molecule has 4 rings (SSSR count). The van der Waals surface area contributed by atoms with Gasteiger partial charge < -0.3 is 5.11 Å². The molecule has 0 aliphatic carbocycles. The lowest BCUT2D eigenvalue weighted by Crippen LogP contribution is -2.09. The molecule has 5 heteroatoms. The number of para-hydroxylation sites is 1. The van der Waals surface area contributed by atoms with Crippen LogP contribution >= 0.6 is 11.3 Å². The lowest BCUT2D eigenvalue weighted by Gasteiger charge is -2.06. The van der Waals surface area contributed by atoms with Gasteiger partial charge in [0.25, 0.3) is 0 Å². The van der Waals surface area contributed by atoms with Crippen molar-refractivity contribution in [2.75, 3.05) is 0 Å². The smallest absolute Gasteiger partial charge is 0.315 e. The van der Waals surface area contributed by atoms with Gasteiger partial charge in [0.05, 0.1) is 16.3 Å². The fourth-order valence-electron chi connectivity index (χ4n) is 3.19. The molecule has 0 unspecified atom stereocenters. The predicted molar refractivity (Wildman–Crippen MR) is 113 cm³/mol. The standard InChI is InChI=1S/C22H20N2O2S/c1-2-3-6-15-9-11-17(12-10-15)24-21(25)20(27-22(24)26)13-16-14-23-19-8-5-4-7-18(16)19/h4-5,7-14,25H,2-3,6H2,1H3. The van der Waals surface area contributed by atoms with Crippen molar-refractivity contribution in [2.24, 2.45) is 4.99 Å². The highest BCUT2D eigenvalue weighted by molar-refractivity contribution is 7.10. The number of hydrogen-bond acceptors (Lipinski definition) is 4. The third kappa shape index (κ3) is 3.38. The Morgan fingerprint density at radius 3 is 2.70 bits per heavy atom. The summed E-state index contributed by atoms with van der Waals surface area (Å²) in [5, 5.41) is 10.7. The van der Waals surface area contributed by atoms with Gasteiger partial charge in [-0.25, -0.2) is 4.57 Å². The average molecular weight is 376 g/mol. The highest BCUT2D eigenvalue weighted by Crippen LogP contribution is 2.34. The molecule has 4 nitrogen and oxygen atoms in total. The van der Waals surface area contributed by atoms with Crippen LogP contribution in [0.4, 0.5) is 5.69 Å². The summed E-state index contributed by atoms with van der Waals surface area (Å²) in [6.45, 7) is 2.17. The fraction of sp³-hybridized carbons (Fsp3) is 0.182. The van der Waals surface area contributed by atoms with Gasteiger partial charge in [-0.3, -0.25) is 9.79 Å². The Kier molecular flexibility index (Phi) is 4.77. The number of aromatic nitrogens is 1. The van der Waals surface area contributed by atoms with Gasteiger partial charge in [-0.05, 0) is 42.7 Å². The predicted octanol–water partition coefficient (Wildman–Crippen LogP) is 5.20. The molecule has 136 valence electrons. The van der Waals surface area contributed by atoms with E-state index in [-0.39, 0.29) is 10.8 Å². The summed E-state index contributed by atoms with van der Waals surface area (Å²) in [5.41, 5.74) is 4.72. The molecule has 2 aromatic carbocycles. The lowest BCUT2D eigenvalue weighted by molar-refractivity contribution is 0.440. The summed E-state index contributed by atoms with van der Waals surface area (Å²) < 4.78 is 1.36. The first kappa shape index (κ1) is 17.5. The van der Waals surface area contributed by atoms with Gasteiger partial charge >= 0.3 is 4.87 Å². The van der Waals surface area contributed by atoms with E-state index < -0.39 is 0 Å². The Morgan fingerprint density at radius 2 is 1.93 bits per heavy atom. The summed E-state index contributed by atoms with van der Waals surface area (Å²) >= 11 is 1.03. The highest BCUT2D eigenvalue weighted by atomic mass is 32.1. The van der Waals surface area contributed by atoms with E-state index in [9.17, 15) is 9.90 Å². The normalized spacial score (nSPS) is 14.0. The Morgan fingerprint density at radius 1 is 1.15 bits per heavy atom. The van der Waals surface area contributed by atoms with Crippen LogP contribution in [0.15, 0.2) is 58.3 Å². The first-order valence-corrected chi connectivity index (χ1v) is 9.88. The molecular weight excluding hydrogens is 356 g/mol. The molecule has 1 aromatic heterocycles. The first-order chi connectivity index (χ1) is 13.2. The van der Waals surface area contributed by atoms with Gasteiger partial charge in [0.1, 0.15) is 0 Å². The summed E-state index contributed by atoms with van der Waals surface area (Å²) in [6, 6.07) is 15.6. The summed E-state index contributed by atoms with van der Waals surface area (Å²) in [7, 11) is 0. The van der Waals surface area contributed by atoms with Crippen molar-refractivity contribution in [3.05, 3.63) is 74.2 Å². The Labute approximate surface area is 161 Å². The minimum atomic E-state index is -0.205. The van der Waals surface area contributed by atoms with Crippen LogP contribution in [0.2, 0.25) is 0 Å². The molecule has 2 heterocycles. The molecular formula is C22H20N2O2S. The number of aliphatic imine (C=N–C) groups is 1. The minimum Gasteiger partial charge on any atom is -0.493 e. The van der Waals surface area contributed by atoms with Gasteiger partial charge in [-0.1, -0.05) is 55.0 Å². The minimum absolute atomic E-state index is 0.0309. The largest absolute Gasteiger partial charge is 0.493 e.